The molecular formula is C17H24ClN. The van der Waals surface area contributed by atoms with Crippen LogP contribution in [-0.2, 0) is 0 Å². The van der Waals surface area contributed by atoms with Crippen LogP contribution in [0.3, 0.4) is 0 Å². The zero-order valence-electron chi connectivity index (χ0n) is 11.8. The number of hydrogen-bond acceptors (Lipinski definition) is 1. The lowest BCUT2D eigenvalue weighted by molar-refractivity contribution is 0.512. The number of hydrogen-bond donors (Lipinski definition) is 1. The second-order valence-corrected chi connectivity index (χ2v) is 5.75. The van der Waals surface area contributed by atoms with Crippen LogP contribution in [0.4, 0.5) is 0 Å². The third kappa shape index (κ3) is 4.36. The smallest absolute Gasteiger partial charge is 0.0453 e. The highest BCUT2D eigenvalue weighted by molar-refractivity contribution is 6.31. The molecule has 1 nitrogen and oxygen atoms in total. The minimum absolute atomic E-state index is 0.359. The van der Waals surface area contributed by atoms with Crippen LogP contribution in [0.2, 0.25) is 5.02 Å². The predicted octanol–water partition coefficient (Wildman–Crippen LogP) is 5.27. The molecule has 1 aromatic carbocycles. The van der Waals surface area contributed by atoms with E-state index in [0.717, 1.165) is 24.4 Å². The molecule has 1 aliphatic rings. The standard InChI is InChI=1S/C17H24ClN/c1-2-12-19-17(13-14-8-4-3-5-9-14)15-10-6-7-11-16(15)18/h6-8,10-11,17,19H,2-5,9,12-13H2,1H3. The molecule has 1 unspecified atom stereocenters. The third-order valence-corrected chi connectivity index (χ3v) is 4.12. The molecule has 1 aromatic rings. The highest BCUT2D eigenvalue weighted by atomic mass is 35.5. The maximum absolute atomic E-state index is 6.36. The highest BCUT2D eigenvalue weighted by Gasteiger charge is 2.16. The Labute approximate surface area is 122 Å². The molecule has 2 heteroatoms. The second kappa shape index (κ2) is 7.72. The highest BCUT2D eigenvalue weighted by Crippen LogP contribution is 2.31. The van der Waals surface area contributed by atoms with Crippen LogP contribution in [0.5, 0.6) is 0 Å². The van der Waals surface area contributed by atoms with Gasteiger partial charge in [-0.15, -0.1) is 0 Å². The molecule has 1 N–H and O–H groups in total. The molecule has 2 rings (SSSR count). The summed E-state index contributed by atoms with van der Waals surface area (Å²) in [7, 11) is 0. The van der Waals surface area contributed by atoms with E-state index >= 15 is 0 Å². The lowest BCUT2D eigenvalue weighted by Gasteiger charge is -2.23. The van der Waals surface area contributed by atoms with Gasteiger partial charge in [0, 0.05) is 11.1 Å². The van der Waals surface area contributed by atoms with Crippen molar-refractivity contribution in [2.75, 3.05) is 6.54 Å². The average Bonchev–Trinajstić information content (AvgIpc) is 2.45. The minimum Gasteiger partial charge on any atom is -0.310 e. The lowest BCUT2D eigenvalue weighted by Crippen LogP contribution is -2.23. The largest absolute Gasteiger partial charge is 0.310 e. The van der Waals surface area contributed by atoms with Crippen LogP contribution >= 0.6 is 11.6 Å². The van der Waals surface area contributed by atoms with Crippen molar-refractivity contribution in [1.29, 1.82) is 0 Å². The summed E-state index contributed by atoms with van der Waals surface area (Å²) in [4.78, 5) is 0. The SMILES string of the molecule is CCCNC(CC1=CCCCC1)c1ccccc1Cl. The second-order valence-electron chi connectivity index (χ2n) is 5.34. The topological polar surface area (TPSA) is 12.0 Å². The van der Waals surface area contributed by atoms with Crippen molar-refractivity contribution in [3.8, 4) is 0 Å². The number of halogens is 1. The van der Waals surface area contributed by atoms with Crippen molar-refractivity contribution in [2.45, 2.75) is 51.5 Å². The van der Waals surface area contributed by atoms with Crippen LogP contribution < -0.4 is 5.32 Å². The first-order valence-corrected chi connectivity index (χ1v) is 7.84. The molecule has 1 atom stereocenters. The summed E-state index contributed by atoms with van der Waals surface area (Å²) in [5.74, 6) is 0. The zero-order chi connectivity index (χ0) is 13.5. The summed E-state index contributed by atoms with van der Waals surface area (Å²) in [6.45, 7) is 3.25. The first-order chi connectivity index (χ1) is 9.31. The van der Waals surface area contributed by atoms with Crippen LogP contribution in [0.1, 0.15) is 57.1 Å². The molecule has 0 aliphatic heterocycles. The molecule has 0 heterocycles. The first-order valence-electron chi connectivity index (χ1n) is 7.47. The molecule has 0 fully saturated rings. The Hall–Kier alpha value is -0.790. The maximum atomic E-state index is 6.36. The fourth-order valence-corrected chi connectivity index (χ4v) is 2.99. The van der Waals surface area contributed by atoms with Crippen LogP contribution in [0.25, 0.3) is 0 Å². The van der Waals surface area contributed by atoms with E-state index in [0.29, 0.717) is 6.04 Å². The number of benzene rings is 1. The average molecular weight is 278 g/mol. The van der Waals surface area contributed by atoms with E-state index in [4.69, 9.17) is 11.6 Å². The summed E-state index contributed by atoms with van der Waals surface area (Å²) in [6, 6.07) is 8.59. The van der Waals surface area contributed by atoms with Crippen molar-refractivity contribution >= 4 is 11.6 Å². The van der Waals surface area contributed by atoms with E-state index in [2.05, 4.69) is 30.4 Å². The molecule has 0 saturated carbocycles. The van der Waals surface area contributed by atoms with Gasteiger partial charge in [-0.25, -0.2) is 0 Å². The van der Waals surface area contributed by atoms with E-state index < -0.39 is 0 Å². The van der Waals surface area contributed by atoms with Gasteiger partial charge < -0.3 is 5.32 Å². The van der Waals surface area contributed by atoms with Gasteiger partial charge in [0.2, 0.25) is 0 Å². The van der Waals surface area contributed by atoms with E-state index in [1.54, 1.807) is 5.57 Å². The fraction of sp³-hybridized carbons (Fsp3) is 0.529. The van der Waals surface area contributed by atoms with E-state index in [1.807, 2.05) is 12.1 Å². The summed E-state index contributed by atoms with van der Waals surface area (Å²) in [5, 5.41) is 4.53. The van der Waals surface area contributed by atoms with Gasteiger partial charge in [-0.2, -0.15) is 0 Å². The lowest BCUT2D eigenvalue weighted by atomic mass is 9.91. The number of allylic oxidation sites excluding steroid dienone is 1. The van der Waals surface area contributed by atoms with Crippen molar-refractivity contribution in [1.82, 2.24) is 5.32 Å². The van der Waals surface area contributed by atoms with Gasteiger partial charge >= 0.3 is 0 Å². The van der Waals surface area contributed by atoms with E-state index in [1.165, 1.54) is 31.2 Å². The van der Waals surface area contributed by atoms with Gasteiger partial charge in [-0.05, 0) is 56.7 Å². The first kappa shape index (κ1) is 14.6. The molecule has 0 saturated heterocycles. The van der Waals surface area contributed by atoms with Gasteiger partial charge in [0.1, 0.15) is 0 Å². The Balaban J connectivity index is 2.11. The quantitative estimate of drug-likeness (QED) is 0.698. The van der Waals surface area contributed by atoms with Crippen LogP contribution in [0, 0.1) is 0 Å². The van der Waals surface area contributed by atoms with Crippen LogP contribution in [-0.4, -0.2) is 6.54 Å². The number of nitrogens with one attached hydrogen (secondary N) is 1. The summed E-state index contributed by atoms with van der Waals surface area (Å²) in [5.41, 5.74) is 2.84. The molecule has 0 bridgehead atoms. The molecular weight excluding hydrogens is 254 g/mol. The molecule has 104 valence electrons. The Morgan fingerprint density at radius 1 is 1.26 bits per heavy atom. The van der Waals surface area contributed by atoms with E-state index in [-0.39, 0.29) is 0 Å². The molecule has 0 amide bonds. The monoisotopic (exact) mass is 277 g/mol. The molecule has 1 aliphatic carbocycles. The van der Waals surface area contributed by atoms with Gasteiger partial charge in [0.05, 0.1) is 0 Å². The van der Waals surface area contributed by atoms with Crippen LogP contribution in [0.15, 0.2) is 35.9 Å². The van der Waals surface area contributed by atoms with Gasteiger partial charge in [-0.1, -0.05) is 48.4 Å². The number of rotatable bonds is 6. The van der Waals surface area contributed by atoms with Gasteiger partial charge in [0.15, 0.2) is 0 Å². The summed E-state index contributed by atoms with van der Waals surface area (Å²) in [6.07, 6.45) is 9.88. The van der Waals surface area contributed by atoms with E-state index in [9.17, 15) is 0 Å². The molecule has 19 heavy (non-hydrogen) atoms. The summed E-state index contributed by atoms with van der Waals surface area (Å²) >= 11 is 6.36. The van der Waals surface area contributed by atoms with Gasteiger partial charge in [-0.3, -0.25) is 0 Å². The third-order valence-electron chi connectivity index (χ3n) is 3.77. The fourth-order valence-electron chi connectivity index (χ4n) is 2.72. The molecule has 0 aromatic heterocycles. The van der Waals surface area contributed by atoms with Crippen molar-refractivity contribution < 1.29 is 0 Å². The minimum atomic E-state index is 0.359. The predicted molar refractivity (Wildman–Crippen MR) is 83.7 cm³/mol. The maximum Gasteiger partial charge on any atom is 0.0453 e. The Morgan fingerprint density at radius 3 is 2.79 bits per heavy atom. The van der Waals surface area contributed by atoms with Crippen molar-refractivity contribution in [3.63, 3.8) is 0 Å². The Morgan fingerprint density at radius 2 is 2.11 bits per heavy atom. The molecule has 0 radical (unpaired) electrons. The normalized spacial score (nSPS) is 17.1. The summed E-state index contributed by atoms with van der Waals surface area (Å²) < 4.78 is 0. The Kier molecular flexibility index (Phi) is 5.93. The molecule has 0 spiro atoms. The Bertz CT molecular complexity index is 425. The zero-order valence-corrected chi connectivity index (χ0v) is 12.5. The van der Waals surface area contributed by atoms with Crippen molar-refractivity contribution in [2.24, 2.45) is 0 Å². The van der Waals surface area contributed by atoms with Crippen molar-refractivity contribution in [3.05, 3.63) is 46.5 Å². The van der Waals surface area contributed by atoms with Gasteiger partial charge in [0.25, 0.3) is 0 Å².